The van der Waals surface area contributed by atoms with Gasteiger partial charge in [0.15, 0.2) is 0 Å². The third kappa shape index (κ3) is 1.28. The van der Waals surface area contributed by atoms with Gasteiger partial charge < -0.3 is 10.2 Å². The Morgan fingerprint density at radius 3 is 2.92 bits per heavy atom. The van der Waals surface area contributed by atoms with Gasteiger partial charge in [0.05, 0.1) is 18.2 Å². The molecular formula is C10H8N2O. The van der Waals surface area contributed by atoms with Gasteiger partial charge >= 0.3 is 0 Å². The highest BCUT2D eigenvalue weighted by atomic mass is 16.3. The van der Waals surface area contributed by atoms with Crippen molar-refractivity contribution in [2.45, 2.75) is 6.54 Å². The second kappa shape index (κ2) is 2.92. The molecule has 3 nitrogen and oxygen atoms in total. The lowest BCUT2D eigenvalue weighted by molar-refractivity contribution is 0.552. The summed E-state index contributed by atoms with van der Waals surface area (Å²) in [5.74, 6) is 0.741. The van der Waals surface area contributed by atoms with Crippen molar-refractivity contribution in [3.8, 4) is 6.07 Å². The molecule has 0 unspecified atom stereocenters. The van der Waals surface area contributed by atoms with Gasteiger partial charge in [-0.2, -0.15) is 5.26 Å². The van der Waals surface area contributed by atoms with Crippen LogP contribution >= 0.6 is 0 Å². The van der Waals surface area contributed by atoms with Crippen LogP contribution in [0.2, 0.25) is 0 Å². The van der Waals surface area contributed by atoms with Crippen molar-refractivity contribution in [3.63, 3.8) is 0 Å². The maximum atomic E-state index is 8.64. The number of nitriles is 1. The maximum Gasteiger partial charge on any atom is 0.135 e. The molecule has 0 saturated carbocycles. The van der Waals surface area contributed by atoms with E-state index in [1.54, 1.807) is 12.1 Å². The summed E-state index contributed by atoms with van der Waals surface area (Å²) in [5, 5.41) is 9.63. The first-order valence-electron chi connectivity index (χ1n) is 3.96. The van der Waals surface area contributed by atoms with Crippen LogP contribution in [-0.2, 0) is 6.54 Å². The summed E-state index contributed by atoms with van der Waals surface area (Å²) < 4.78 is 5.38. The van der Waals surface area contributed by atoms with Gasteiger partial charge in [-0.25, -0.2) is 0 Å². The van der Waals surface area contributed by atoms with Crippen LogP contribution in [0.1, 0.15) is 11.3 Å². The van der Waals surface area contributed by atoms with Crippen molar-refractivity contribution >= 4 is 11.0 Å². The molecular weight excluding hydrogens is 164 g/mol. The number of fused-ring (bicyclic) bond motifs is 1. The van der Waals surface area contributed by atoms with Crippen molar-refractivity contribution < 1.29 is 4.42 Å². The number of hydrogen-bond donors (Lipinski definition) is 1. The first-order chi connectivity index (χ1) is 6.33. The van der Waals surface area contributed by atoms with Crippen LogP contribution in [0.25, 0.3) is 11.0 Å². The Bertz CT molecular complexity index is 479. The van der Waals surface area contributed by atoms with Gasteiger partial charge in [-0.1, -0.05) is 0 Å². The number of benzene rings is 1. The van der Waals surface area contributed by atoms with Gasteiger partial charge in [0.2, 0.25) is 0 Å². The minimum Gasteiger partial charge on any atom is -0.460 e. The quantitative estimate of drug-likeness (QED) is 0.712. The summed E-state index contributed by atoms with van der Waals surface area (Å²) in [6, 6.07) is 9.28. The third-order valence-electron chi connectivity index (χ3n) is 1.90. The topological polar surface area (TPSA) is 63.0 Å². The van der Waals surface area contributed by atoms with E-state index in [0.717, 1.165) is 16.7 Å². The Morgan fingerprint density at radius 2 is 2.23 bits per heavy atom. The Balaban J connectivity index is 2.65. The zero-order chi connectivity index (χ0) is 9.26. The fraction of sp³-hybridized carbons (Fsp3) is 0.100. The highest BCUT2D eigenvalue weighted by Crippen LogP contribution is 2.19. The fourth-order valence-electron chi connectivity index (χ4n) is 1.26. The zero-order valence-electron chi connectivity index (χ0n) is 6.95. The zero-order valence-corrected chi connectivity index (χ0v) is 6.95. The molecule has 0 bridgehead atoms. The van der Waals surface area contributed by atoms with Crippen LogP contribution in [0.4, 0.5) is 0 Å². The molecule has 0 amide bonds. The number of nitrogens with zero attached hydrogens (tertiary/aromatic N) is 1. The van der Waals surface area contributed by atoms with Gasteiger partial charge in [0, 0.05) is 5.39 Å². The summed E-state index contributed by atoms with van der Waals surface area (Å²) >= 11 is 0. The van der Waals surface area contributed by atoms with E-state index in [2.05, 4.69) is 6.07 Å². The second-order valence-corrected chi connectivity index (χ2v) is 2.78. The Kier molecular flexibility index (Phi) is 1.76. The van der Waals surface area contributed by atoms with E-state index in [0.29, 0.717) is 12.1 Å². The van der Waals surface area contributed by atoms with Crippen LogP contribution in [-0.4, -0.2) is 0 Å². The highest BCUT2D eigenvalue weighted by Gasteiger charge is 2.02. The normalized spacial score (nSPS) is 10.2. The lowest BCUT2D eigenvalue weighted by Gasteiger charge is -1.87. The molecule has 0 saturated heterocycles. The van der Waals surface area contributed by atoms with Crippen LogP contribution in [0.5, 0.6) is 0 Å². The lowest BCUT2D eigenvalue weighted by atomic mass is 10.2. The Hall–Kier alpha value is -1.79. The van der Waals surface area contributed by atoms with Crippen molar-refractivity contribution in [1.82, 2.24) is 0 Å². The molecule has 0 spiro atoms. The SMILES string of the molecule is N#Cc1ccc2cc(CN)oc2c1. The third-order valence-corrected chi connectivity index (χ3v) is 1.90. The molecule has 0 aliphatic carbocycles. The van der Waals surface area contributed by atoms with Gasteiger partial charge in [-0.15, -0.1) is 0 Å². The number of furan rings is 1. The predicted molar refractivity (Wildman–Crippen MR) is 48.8 cm³/mol. The van der Waals surface area contributed by atoms with Gasteiger partial charge in [-0.3, -0.25) is 0 Å². The summed E-state index contributed by atoms with van der Waals surface area (Å²) in [6.07, 6.45) is 0. The molecule has 64 valence electrons. The first kappa shape index (κ1) is 7.84. The molecule has 0 aliphatic heterocycles. The molecule has 1 aromatic heterocycles. The molecule has 0 aliphatic rings. The summed E-state index contributed by atoms with van der Waals surface area (Å²) in [5.41, 5.74) is 6.75. The van der Waals surface area contributed by atoms with Crippen molar-refractivity contribution in [1.29, 1.82) is 5.26 Å². The second-order valence-electron chi connectivity index (χ2n) is 2.78. The van der Waals surface area contributed by atoms with E-state index >= 15 is 0 Å². The van der Waals surface area contributed by atoms with Crippen molar-refractivity contribution in [2.24, 2.45) is 5.73 Å². The van der Waals surface area contributed by atoms with E-state index < -0.39 is 0 Å². The molecule has 0 radical (unpaired) electrons. The Labute approximate surface area is 75.4 Å². The number of nitrogens with two attached hydrogens (primary N) is 1. The summed E-state index contributed by atoms with van der Waals surface area (Å²) in [4.78, 5) is 0. The van der Waals surface area contributed by atoms with E-state index in [4.69, 9.17) is 15.4 Å². The molecule has 13 heavy (non-hydrogen) atoms. The van der Waals surface area contributed by atoms with Crippen LogP contribution in [0.15, 0.2) is 28.7 Å². The van der Waals surface area contributed by atoms with Crippen LogP contribution in [0, 0.1) is 11.3 Å². The molecule has 3 heteroatoms. The van der Waals surface area contributed by atoms with E-state index in [1.807, 2.05) is 12.1 Å². The molecule has 2 aromatic rings. The summed E-state index contributed by atoms with van der Waals surface area (Å²) in [6.45, 7) is 0.385. The monoisotopic (exact) mass is 172 g/mol. The van der Waals surface area contributed by atoms with Crippen LogP contribution in [0.3, 0.4) is 0 Å². The molecule has 0 atom stereocenters. The summed E-state index contributed by atoms with van der Waals surface area (Å²) in [7, 11) is 0. The fourth-order valence-corrected chi connectivity index (χ4v) is 1.26. The van der Waals surface area contributed by atoms with Gasteiger partial charge in [0.1, 0.15) is 11.3 Å². The predicted octanol–water partition coefficient (Wildman–Crippen LogP) is 1.76. The van der Waals surface area contributed by atoms with E-state index in [-0.39, 0.29) is 0 Å². The molecule has 0 fully saturated rings. The van der Waals surface area contributed by atoms with Crippen LogP contribution < -0.4 is 5.73 Å². The standard InChI is InChI=1S/C10H8N2O/c11-5-7-1-2-8-4-9(6-12)13-10(8)3-7/h1-4H,6,12H2. The first-order valence-corrected chi connectivity index (χ1v) is 3.96. The minimum absolute atomic E-state index is 0.385. The average molecular weight is 172 g/mol. The smallest absolute Gasteiger partial charge is 0.135 e. The van der Waals surface area contributed by atoms with Gasteiger partial charge in [0.25, 0.3) is 0 Å². The highest BCUT2D eigenvalue weighted by molar-refractivity contribution is 5.79. The maximum absolute atomic E-state index is 8.64. The van der Waals surface area contributed by atoms with Crippen molar-refractivity contribution in [2.75, 3.05) is 0 Å². The van der Waals surface area contributed by atoms with Gasteiger partial charge in [-0.05, 0) is 24.3 Å². The van der Waals surface area contributed by atoms with E-state index in [1.165, 1.54) is 0 Å². The molecule has 1 aromatic carbocycles. The average Bonchev–Trinajstić information content (AvgIpc) is 2.58. The lowest BCUT2D eigenvalue weighted by Crippen LogP contribution is -1.92. The number of rotatable bonds is 1. The van der Waals surface area contributed by atoms with Crippen molar-refractivity contribution in [3.05, 3.63) is 35.6 Å². The largest absolute Gasteiger partial charge is 0.460 e. The molecule has 1 heterocycles. The number of hydrogen-bond acceptors (Lipinski definition) is 3. The minimum atomic E-state index is 0.385. The molecule has 2 rings (SSSR count). The Morgan fingerprint density at radius 1 is 1.38 bits per heavy atom. The molecule has 2 N–H and O–H groups in total. The van der Waals surface area contributed by atoms with E-state index in [9.17, 15) is 0 Å².